The zero-order valence-corrected chi connectivity index (χ0v) is 14.3. The Balaban J connectivity index is 1.89. The van der Waals surface area contributed by atoms with E-state index in [0.717, 1.165) is 0 Å². The van der Waals surface area contributed by atoms with E-state index in [0.29, 0.717) is 21.2 Å². The second-order valence-electron chi connectivity index (χ2n) is 4.96. The number of hydrogen-bond donors (Lipinski definition) is 2. The molecule has 5 nitrogen and oxygen atoms in total. The zero-order valence-electron chi connectivity index (χ0n) is 12.8. The predicted molar refractivity (Wildman–Crippen MR) is 95.6 cm³/mol. The van der Waals surface area contributed by atoms with E-state index >= 15 is 0 Å². The number of rotatable bonds is 5. The van der Waals surface area contributed by atoms with E-state index in [1.54, 1.807) is 49.4 Å². The van der Waals surface area contributed by atoms with Gasteiger partial charge in [-0.15, -0.1) is 0 Å². The third kappa shape index (κ3) is 5.08. The van der Waals surface area contributed by atoms with Crippen molar-refractivity contribution in [3.05, 3.63) is 69.7 Å². The summed E-state index contributed by atoms with van der Waals surface area (Å²) >= 11 is 11.8. The van der Waals surface area contributed by atoms with Crippen molar-refractivity contribution in [1.29, 1.82) is 0 Å². The Hall–Kier alpha value is -2.37. The van der Waals surface area contributed by atoms with Crippen molar-refractivity contribution in [3.8, 4) is 0 Å². The highest BCUT2D eigenvalue weighted by Gasteiger charge is 2.15. The summed E-state index contributed by atoms with van der Waals surface area (Å²) in [5, 5.41) is 7.36. The molecule has 124 valence electrons. The molecule has 0 spiro atoms. The van der Waals surface area contributed by atoms with Gasteiger partial charge in [-0.05, 0) is 31.2 Å². The van der Waals surface area contributed by atoms with Gasteiger partial charge in [0, 0.05) is 16.1 Å². The lowest BCUT2D eigenvalue weighted by molar-refractivity contribution is -0.122. The maximum Gasteiger partial charge on any atom is 0.262 e. The fraction of sp³-hybridized carbons (Fsp3) is 0.118. The number of nitrogens with one attached hydrogen (secondary N) is 2. The van der Waals surface area contributed by atoms with Crippen molar-refractivity contribution < 1.29 is 9.59 Å². The van der Waals surface area contributed by atoms with Crippen LogP contribution in [0.3, 0.4) is 0 Å². The Morgan fingerprint density at radius 2 is 1.83 bits per heavy atom. The van der Waals surface area contributed by atoms with Crippen molar-refractivity contribution in [2.75, 3.05) is 0 Å². The fourth-order valence-electron chi connectivity index (χ4n) is 1.80. The number of nitrogens with zero attached hydrogens (tertiary/aromatic N) is 1. The van der Waals surface area contributed by atoms with Crippen LogP contribution in [0.4, 0.5) is 0 Å². The number of amides is 2. The average Bonchev–Trinajstić information content (AvgIpc) is 2.57. The van der Waals surface area contributed by atoms with Gasteiger partial charge < -0.3 is 5.32 Å². The first-order chi connectivity index (χ1) is 11.5. The van der Waals surface area contributed by atoms with Gasteiger partial charge in [0.15, 0.2) is 0 Å². The minimum absolute atomic E-state index is 0.331. The van der Waals surface area contributed by atoms with Crippen molar-refractivity contribution >= 4 is 41.2 Å². The minimum atomic E-state index is -0.740. The molecule has 24 heavy (non-hydrogen) atoms. The van der Waals surface area contributed by atoms with Gasteiger partial charge in [0.1, 0.15) is 6.04 Å². The zero-order chi connectivity index (χ0) is 17.5. The first-order valence-corrected chi connectivity index (χ1v) is 7.87. The summed E-state index contributed by atoms with van der Waals surface area (Å²) < 4.78 is 0. The molecule has 0 aromatic heterocycles. The Labute approximate surface area is 149 Å². The molecule has 0 bridgehead atoms. The summed E-state index contributed by atoms with van der Waals surface area (Å²) in [6.45, 7) is 1.57. The third-order valence-corrected chi connectivity index (χ3v) is 3.68. The number of halogens is 2. The number of hydrazone groups is 1. The highest BCUT2D eigenvalue weighted by atomic mass is 35.5. The Morgan fingerprint density at radius 3 is 2.50 bits per heavy atom. The van der Waals surface area contributed by atoms with Crippen LogP contribution in [0.1, 0.15) is 22.8 Å². The van der Waals surface area contributed by atoms with Gasteiger partial charge in [0.25, 0.3) is 11.8 Å². The van der Waals surface area contributed by atoms with Crippen LogP contribution >= 0.6 is 23.2 Å². The quantitative estimate of drug-likeness (QED) is 0.632. The lowest BCUT2D eigenvalue weighted by Crippen LogP contribution is -2.43. The molecule has 0 saturated heterocycles. The van der Waals surface area contributed by atoms with Crippen molar-refractivity contribution in [1.82, 2.24) is 10.7 Å². The van der Waals surface area contributed by atoms with Gasteiger partial charge in [-0.25, -0.2) is 5.43 Å². The largest absolute Gasteiger partial charge is 0.340 e. The molecule has 0 aliphatic carbocycles. The highest BCUT2D eigenvalue weighted by molar-refractivity contribution is 6.36. The number of benzene rings is 2. The molecule has 0 saturated carbocycles. The SMILES string of the molecule is C[C@@H](NC(=O)c1ccccc1)C(=O)N/N=C/c1ccc(Cl)cc1Cl. The van der Waals surface area contributed by atoms with E-state index < -0.39 is 11.9 Å². The van der Waals surface area contributed by atoms with Gasteiger partial charge in [-0.1, -0.05) is 47.5 Å². The Morgan fingerprint density at radius 1 is 1.12 bits per heavy atom. The van der Waals surface area contributed by atoms with Crippen LogP contribution in [0, 0.1) is 0 Å². The van der Waals surface area contributed by atoms with E-state index in [2.05, 4.69) is 15.8 Å². The van der Waals surface area contributed by atoms with Gasteiger partial charge >= 0.3 is 0 Å². The molecule has 0 aliphatic heterocycles. The summed E-state index contributed by atoms with van der Waals surface area (Å²) in [6.07, 6.45) is 1.41. The monoisotopic (exact) mass is 363 g/mol. The average molecular weight is 364 g/mol. The lowest BCUT2D eigenvalue weighted by Gasteiger charge is -2.12. The summed E-state index contributed by atoms with van der Waals surface area (Å²) in [4.78, 5) is 23.9. The van der Waals surface area contributed by atoms with Crippen molar-refractivity contribution in [2.24, 2.45) is 5.10 Å². The van der Waals surface area contributed by atoms with Crippen LogP contribution in [0.2, 0.25) is 10.0 Å². The van der Waals surface area contributed by atoms with Crippen molar-refractivity contribution in [3.63, 3.8) is 0 Å². The van der Waals surface area contributed by atoms with E-state index in [1.807, 2.05) is 6.07 Å². The fourth-order valence-corrected chi connectivity index (χ4v) is 2.26. The summed E-state index contributed by atoms with van der Waals surface area (Å²) in [7, 11) is 0. The first-order valence-electron chi connectivity index (χ1n) is 7.11. The standard InChI is InChI=1S/C17H15Cl2N3O2/c1-11(21-17(24)12-5-3-2-4-6-12)16(23)22-20-10-13-7-8-14(18)9-15(13)19/h2-11H,1H3,(H,21,24)(H,22,23)/b20-10+/t11-/m1/s1. The van der Waals surface area contributed by atoms with E-state index in [4.69, 9.17) is 23.2 Å². The summed E-state index contributed by atoms with van der Waals surface area (Å²) in [6, 6.07) is 12.8. The number of hydrogen-bond acceptors (Lipinski definition) is 3. The molecule has 7 heteroatoms. The maximum atomic E-state index is 12.0. The third-order valence-electron chi connectivity index (χ3n) is 3.12. The van der Waals surface area contributed by atoms with Crippen LogP contribution in [0.15, 0.2) is 53.6 Å². The van der Waals surface area contributed by atoms with Crippen LogP contribution in [0.5, 0.6) is 0 Å². The van der Waals surface area contributed by atoms with E-state index in [-0.39, 0.29) is 5.91 Å². The van der Waals surface area contributed by atoms with Crippen LogP contribution in [-0.4, -0.2) is 24.1 Å². The van der Waals surface area contributed by atoms with Crippen LogP contribution in [-0.2, 0) is 4.79 Å². The predicted octanol–water partition coefficient (Wildman–Crippen LogP) is 3.26. The molecule has 2 amide bonds. The van der Waals surface area contributed by atoms with Gasteiger partial charge in [0.2, 0.25) is 0 Å². The molecule has 0 fully saturated rings. The molecular weight excluding hydrogens is 349 g/mol. The molecule has 0 aliphatic rings. The molecular formula is C17H15Cl2N3O2. The van der Waals surface area contributed by atoms with Crippen molar-refractivity contribution in [2.45, 2.75) is 13.0 Å². The summed E-state index contributed by atoms with van der Waals surface area (Å²) in [5.41, 5.74) is 3.45. The second-order valence-corrected chi connectivity index (χ2v) is 5.80. The van der Waals surface area contributed by atoms with Crippen LogP contribution in [0.25, 0.3) is 0 Å². The Bertz CT molecular complexity index is 764. The minimum Gasteiger partial charge on any atom is -0.340 e. The molecule has 2 rings (SSSR count). The molecule has 2 N–H and O–H groups in total. The second kappa shape index (κ2) is 8.47. The summed E-state index contributed by atoms with van der Waals surface area (Å²) in [5.74, 6) is -0.774. The molecule has 2 aromatic carbocycles. The first kappa shape index (κ1) is 18.0. The lowest BCUT2D eigenvalue weighted by atomic mass is 10.2. The number of carbonyl (C=O) groups is 2. The molecule has 2 aromatic rings. The molecule has 0 radical (unpaired) electrons. The Kier molecular flexibility index (Phi) is 6.35. The van der Waals surface area contributed by atoms with E-state index in [1.165, 1.54) is 6.21 Å². The molecule has 0 heterocycles. The van der Waals surface area contributed by atoms with Gasteiger partial charge in [-0.2, -0.15) is 5.10 Å². The molecule has 1 atom stereocenters. The van der Waals surface area contributed by atoms with Crippen LogP contribution < -0.4 is 10.7 Å². The van der Waals surface area contributed by atoms with E-state index in [9.17, 15) is 9.59 Å². The van der Waals surface area contributed by atoms with Gasteiger partial charge in [0.05, 0.1) is 11.2 Å². The highest BCUT2D eigenvalue weighted by Crippen LogP contribution is 2.19. The molecule has 0 unspecified atom stereocenters. The normalized spacial score (nSPS) is 12.0. The smallest absolute Gasteiger partial charge is 0.262 e. The topological polar surface area (TPSA) is 70.6 Å². The van der Waals surface area contributed by atoms with Gasteiger partial charge in [-0.3, -0.25) is 9.59 Å². The number of carbonyl (C=O) groups excluding carboxylic acids is 2. The maximum absolute atomic E-state index is 12.0.